The van der Waals surface area contributed by atoms with Crippen LogP contribution in [0.3, 0.4) is 0 Å². The molecule has 15 rings (SSSR count). The predicted octanol–water partition coefficient (Wildman–Crippen LogP) is 17.7. The first-order valence-electron chi connectivity index (χ1n) is 23.2. The Hall–Kier alpha value is -8.72. The SMILES string of the molecule is c1cc(-c2ccc3c4ccccc4c4c(ccc5oc6ccccc6c54)c3c2)cc(N(c2ccc3c(c2)C2(c4ccccc4-c4ccccc42)c2ccccc2-3)c2ccc3ccccc3c2)c1. The van der Waals surface area contributed by atoms with Crippen molar-refractivity contribution >= 4 is 82.1 Å². The van der Waals surface area contributed by atoms with E-state index in [1.807, 2.05) is 0 Å². The van der Waals surface area contributed by atoms with Gasteiger partial charge < -0.3 is 9.32 Å². The molecule has 0 fully saturated rings. The van der Waals surface area contributed by atoms with Gasteiger partial charge in [-0.3, -0.25) is 0 Å². The van der Waals surface area contributed by atoms with Gasteiger partial charge in [-0.1, -0.05) is 176 Å². The van der Waals surface area contributed by atoms with Gasteiger partial charge in [0.05, 0.1) is 5.41 Å². The number of para-hydroxylation sites is 1. The minimum absolute atomic E-state index is 0.446. The molecule has 1 spiro atoms. The fraction of sp³-hybridized carbons (Fsp3) is 0.0154. The molecule has 2 aliphatic rings. The first-order valence-corrected chi connectivity index (χ1v) is 23.2. The molecule has 0 unspecified atom stereocenters. The van der Waals surface area contributed by atoms with Crippen molar-refractivity contribution in [2.75, 3.05) is 4.90 Å². The molecular formula is C65H39NO. The van der Waals surface area contributed by atoms with Crippen molar-refractivity contribution in [1.82, 2.24) is 0 Å². The van der Waals surface area contributed by atoms with E-state index < -0.39 is 5.41 Å². The quantitative estimate of drug-likeness (QED) is 0.164. The van der Waals surface area contributed by atoms with Crippen molar-refractivity contribution < 1.29 is 4.42 Å². The molecule has 0 bridgehead atoms. The second-order valence-corrected chi connectivity index (χ2v) is 18.3. The van der Waals surface area contributed by atoms with Gasteiger partial charge in [0.15, 0.2) is 0 Å². The van der Waals surface area contributed by atoms with Crippen LogP contribution < -0.4 is 4.90 Å². The summed E-state index contributed by atoms with van der Waals surface area (Å²) in [6.45, 7) is 0. The van der Waals surface area contributed by atoms with Crippen LogP contribution in [0.2, 0.25) is 0 Å². The molecule has 1 heterocycles. The maximum absolute atomic E-state index is 6.44. The monoisotopic (exact) mass is 849 g/mol. The van der Waals surface area contributed by atoms with Gasteiger partial charge in [-0.05, 0) is 154 Å². The average Bonchev–Trinajstić information content (AvgIpc) is 4.03. The second-order valence-electron chi connectivity index (χ2n) is 18.3. The van der Waals surface area contributed by atoms with E-state index in [0.29, 0.717) is 0 Å². The molecule has 12 aromatic carbocycles. The van der Waals surface area contributed by atoms with Gasteiger partial charge in [0.1, 0.15) is 11.2 Å². The maximum Gasteiger partial charge on any atom is 0.136 e. The number of anilines is 3. The van der Waals surface area contributed by atoms with Gasteiger partial charge in [-0.2, -0.15) is 0 Å². The number of rotatable bonds is 4. The first kappa shape index (κ1) is 36.6. The Morgan fingerprint density at radius 3 is 1.61 bits per heavy atom. The third-order valence-corrected chi connectivity index (χ3v) is 15.0. The van der Waals surface area contributed by atoms with Crippen LogP contribution in [0.1, 0.15) is 22.3 Å². The fourth-order valence-electron chi connectivity index (χ4n) is 12.2. The summed E-state index contributed by atoms with van der Waals surface area (Å²) in [5, 5.41) is 12.2. The summed E-state index contributed by atoms with van der Waals surface area (Å²) in [6.07, 6.45) is 0. The minimum Gasteiger partial charge on any atom is -0.456 e. The first-order chi connectivity index (χ1) is 33.2. The maximum atomic E-state index is 6.44. The highest BCUT2D eigenvalue weighted by Gasteiger charge is 2.51. The lowest BCUT2D eigenvalue weighted by atomic mass is 9.70. The van der Waals surface area contributed by atoms with E-state index in [1.54, 1.807) is 0 Å². The molecule has 0 radical (unpaired) electrons. The van der Waals surface area contributed by atoms with Gasteiger partial charge in [0, 0.05) is 33.2 Å². The Morgan fingerprint density at radius 1 is 0.284 bits per heavy atom. The number of hydrogen-bond donors (Lipinski definition) is 0. The van der Waals surface area contributed by atoms with Crippen LogP contribution in [0.15, 0.2) is 241 Å². The summed E-state index contributed by atoms with van der Waals surface area (Å²) in [6, 6.07) is 87.7. The van der Waals surface area contributed by atoms with Gasteiger partial charge in [0.2, 0.25) is 0 Å². The van der Waals surface area contributed by atoms with E-state index in [1.165, 1.54) is 98.5 Å². The molecule has 13 aromatic rings. The van der Waals surface area contributed by atoms with E-state index in [4.69, 9.17) is 4.42 Å². The van der Waals surface area contributed by atoms with Crippen molar-refractivity contribution in [1.29, 1.82) is 0 Å². The summed E-state index contributed by atoms with van der Waals surface area (Å²) < 4.78 is 6.44. The predicted molar refractivity (Wildman–Crippen MR) is 280 cm³/mol. The van der Waals surface area contributed by atoms with Crippen LogP contribution in [0.5, 0.6) is 0 Å². The molecule has 0 atom stereocenters. The molecule has 2 heteroatoms. The van der Waals surface area contributed by atoms with Crippen molar-refractivity contribution in [2.24, 2.45) is 0 Å². The van der Waals surface area contributed by atoms with E-state index in [9.17, 15) is 0 Å². The number of furan rings is 1. The van der Waals surface area contributed by atoms with Crippen molar-refractivity contribution in [2.45, 2.75) is 5.41 Å². The number of hydrogen-bond acceptors (Lipinski definition) is 2. The van der Waals surface area contributed by atoms with Gasteiger partial charge >= 0.3 is 0 Å². The largest absolute Gasteiger partial charge is 0.456 e. The molecule has 0 saturated carbocycles. The van der Waals surface area contributed by atoms with Gasteiger partial charge in [-0.25, -0.2) is 0 Å². The van der Waals surface area contributed by atoms with Gasteiger partial charge in [-0.15, -0.1) is 0 Å². The molecule has 2 nitrogen and oxygen atoms in total. The van der Waals surface area contributed by atoms with Crippen LogP contribution in [0.25, 0.3) is 98.4 Å². The second kappa shape index (κ2) is 13.7. The Labute approximate surface area is 387 Å². The topological polar surface area (TPSA) is 16.4 Å². The zero-order valence-corrected chi connectivity index (χ0v) is 36.4. The van der Waals surface area contributed by atoms with Crippen LogP contribution in [-0.2, 0) is 5.41 Å². The summed E-state index contributed by atoms with van der Waals surface area (Å²) in [5.74, 6) is 0. The number of fused-ring (bicyclic) bond motifs is 21. The van der Waals surface area contributed by atoms with Crippen LogP contribution >= 0.6 is 0 Å². The minimum atomic E-state index is -0.446. The van der Waals surface area contributed by atoms with Crippen molar-refractivity contribution in [3.8, 4) is 33.4 Å². The molecule has 0 amide bonds. The highest BCUT2D eigenvalue weighted by Crippen LogP contribution is 2.63. The highest BCUT2D eigenvalue weighted by molar-refractivity contribution is 6.34. The standard InChI is InChI=1S/C65H39NO/c1-2-15-41-36-45(30-28-40(41)14-1)66(46-31-33-52-51-21-7-11-26-59(51)65(60(52)39-46)57-24-9-5-19-49(57)50-20-6-10-25-58(50)65)44-17-13-16-42(37-44)43-29-32-48-47-18-3-4-22-53(47)63-54(56(48)38-43)34-35-62-64(63)55-23-8-12-27-61(55)67-62/h1-39H. The molecule has 0 N–H and O–H groups in total. The zero-order chi connectivity index (χ0) is 43.8. The number of benzene rings is 12. The molecule has 2 aliphatic carbocycles. The fourth-order valence-corrected chi connectivity index (χ4v) is 12.2. The highest BCUT2D eigenvalue weighted by atomic mass is 16.3. The molecule has 67 heavy (non-hydrogen) atoms. The summed E-state index contributed by atoms with van der Waals surface area (Å²) >= 11 is 0. The summed E-state index contributed by atoms with van der Waals surface area (Å²) in [5.41, 5.74) is 17.6. The lowest BCUT2D eigenvalue weighted by Gasteiger charge is -2.32. The smallest absolute Gasteiger partial charge is 0.136 e. The van der Waals surface area contributed by atoms with Crippen LogP contribution in [0.4, 0.5) is 17.1 Å². The lowest BCUT2D eigenvalue weighted by molar-refractivity contribution is 0.669. The lowest BCUT2D eigenvalue weighted by Crippen LogP contribution is -2.26. The Balaban J connectivity index is 0.952. The molecular weight excluding hydrogens is 811 g/mol. The van der Waals surface area contributed by atoms with Crippen LogP contribution in [-0.4, -0.2) is 0 Å². The molecule has 0 aliphatic heterocycles. The molecule has 1 aromatic heterocycles. The third-order valence-electron chi connectivity index (χ3n) is 15.0. The van der Waals surface area contributed by atoms with E-state index in [-0.39, 0.29) is 0 Å². The normalized spacial score (nSPS) is 13.2. The average molecular weight is 850 g/mol. The molecule has 0 saturated heterocycles. The van der Waals surface area contributed by atoms with Crippen molar-refractivity contribution in [3.63, 3.8) is 0 Å². The third kappa shape index (κ3) is 4.99. The van der Waals surface area contributed by atoms with Crippen LogP contribution in [0, 0.1) is 0 Å². The van der Waals surface area contributed by atoms with E-state index in [0.717, 1.165) is 39.2 Å². The van der Waals surface area contributed by atoms with E-state index >= 15 is 0 Å². The molecule has 310 valence electrons. The zero-order valence-electron chi connectivity index (χ0n) is 36.4. The Morgan fingerprint density at radius 2 is 0.836 bits per heavy atom. The summed E-state index contributed by atoms with van der Waals surface area (Å²) in [7, 11) is 0. The Bertz CT molecular complexity index is 4180. The van der Waals surface area contributed by atoms with Gasteiger partial charge in [0.25, 0.3) is 0 Å². The van der Waals surface area contributed by atoms with E-state index in [2.05, 4.69) is 241 Å². The van der Waals surface area contributed by atoms with Crippen molar-refractivity contribution in [3.05, 3.63) is 259 Å². The Kier molecular flexibility index (Phi) is 7.46. The number of nitrogens with zero attached hydrogens (tertiary/aromatic N) is 1. The summed E-state index contributed by atoms with van der Waals surface area (Å²) in [4.78, 5) is 2.46.